The number of hydrogen-bond donors (Lipinski definition) is 1. The second-order valence-corrected chi connectivity index (χ2v) is 2.80. The van der Waals surface area contributed by atoms with Crippen molar-refractivity contribution in [3.05, 3.63) is 41.0 Å². The quantitative estimate of drug-likeness (QED) is 0.741. The first-order valence-electron chi connectivity index (χ1n) is 3.87. The van der Waals surface area contributed by atoms with Gasteiger partial charge in [0.15, 0.2) is 0 Å². The van der Waals surface area contributed by atoms with Gasteiger partial charge in [-0.15, -0.1) is 0 Å². The van der Waals surface area contributed by atoms with Crippen molar-refractivity contribution in [3.63, 3.8) is 0 Å². The standard InChI is InChI=1S/C10H8F2O2/c1-6-2-3-8(11)4-7(6)5-9(12)10(13)14/h2-5H,1H3,(H,13,14). The predicted octanol–water partition coefficient (Wildman–Crippen LogP) is 2.53. The van der Waals surface area contributed by atoms with E-state index in [0.29, 0.717) is 5.56 Å². The second-order valence-electron chi connectivity index (χ2n) is 2.80. The van der Waals surface area contributed by atoms with Gasteiger partial charge < -0.3 is 5.11 Å². The zero-order chi connectivity index (χ0) is 10.7. The molecule has 1 aromatic carbocycles. The molecule has 0 saturated heterocycles. The van der Waals surface area contributed by atoms with Crippen LogP contribution in [0.2, 0.25) is 0 Å². The monoisotopic (exact) mass is 198 g/mol. The van der Waals surface area contributed by atoms with Crippen molar-refractivity contribution < 1.29 is 18.7 Å². The second kappa shape index (κ2) is 4.00. The van der Waals surface area contributed by atoms with Crippen LogP contribution >= 0.6 is 0 Å². The molecule has 4 heteroatoms. The van der Waals surface area contributed by atoms with Crippen LogP contribution in [0.1, 0.15) is 11.1 Å². The molecule has 0 unspecified atom stereocenters. The van der Waals surface area contributed by atoms with E-state index < -0.39 is 17.6 Å². The summed E-state index contributed by atoms with van der Waals surface area (Å²) in [6.07, 6.45) is 0.792. The van der Waals surface area contributed by atoms with Crippen molar-refractivity contribution in [2.75, 3.05) is 0 Å². The number of carboxylic acids is 1. The smallest absolute Gasteiger partial charge is 0.364 e. The van der Waals surface area contributed by atoms with Crippen LogP contribution in [-0.2, 0) is 4.79 Å². The van der Waals surface area contributed by atoms with Gasteiger partial charge >= 0.3 is 5.97 Å². The lowest BCUT2D eigenvalue weighted by Gasteiger charge is -1.99. The number of rotatable bonds is 2. The molecule has 0 fully saturated rings. The molecule has 0 aromatic heterocycles. The van der Waals surface area contributed by atoms with Crippen molar-refractivity contribution >= 4 is 12.0 Å². The average Bonchev–Trinajstić information content (AvgIpc) is 2.11. The Bertz CT molecular complexity index is 397. The topological polar surface area (TPSA) is 37.3 Å². The summed E-state index contributed by atoms with van der Waals surface area (Å²) in [6, 6.07) is 3.76. The van der Waals surface area contributed by atoms with Crippen molar-refractivity contribution in [1.29, 1.82) is 0 Å². The molecule has 0 spiro atoms. The highest BCUT2D eigenvalue weighted by Crippen LogP contribution is 2.14. The van der Waals surface area contributed by atoms with Crippen LogP contribution in [0.5, 0.6) is 0 Å². The van der Waals surface area contributed by atoms with Crippen LogP contribution in [0, 0.1) is 12.7 Å². The van der Waals surface area contributed by atoms with Crippen molar-refractivity contribution in [2.24, 2.45) is 0 Å². The van der Waals surface area contributed by atoms with Gasteiger partial charge in [-0.3, -0.25) is 0 Å². The molecule has 2 nitrogen and oxygen atoms in total. The maximum Gasteiger partial charge on any atom is 0.364 e. The maximum atomic E-state index is 12.7. The summed E-state index contributed by atoms with van der Waals surface area (Å²) in [5.41, 5.74) is 0.840. The van der Waals surface area contributed by atoms with Gasteiger partial charge in [0.05, 0.1) is 0 Å². The van der Waals surface area contributed by atoms with Gasteiger partial charge in [0.2, 0.25) is 5.83 Å². The molecule has 0 amide bonds. The zero-order valence-corrected chi connectivity index (χ0v) is 7.42. The molecule has 1 aromatic rings. The van der Waals surface area contributed by atoms with E-state index in [-0.39, 0.29) is 5.56 Å². The molecule has 0 radical (unpaired) electrons. The Labute approximate surface area is 79.5 Å². The van der Waals surface area contributed by atoms with Crippen molar-refractivity contribution in [2.45, 2.75) is 6.92 Å². The summed E-state index contributed by atoms with van der Waals surface area (Å²) in [6.45, 7) is 1.64. The number of carboxylic acid groups (broad SMARTS) is 1. The fraction of sp³-hybridized carbons (Fsp3) is 0.100. The Kier molecular flexibility index (Phi) is 2.96. The molecular weight excluding hydrogens is 190 g/mol. The largest absolute Gasteiger partial charge is 0.476 e. The highest BCUT2D eigenvalue weighted by molar-refractivity contribution is 5.89. The van der Waals surface area contributed by atoms with Gasteiger partial charge in [-0.1, -0.05) is 6.07 Å². The number of halogens is 2. The number of carbonyl (C=O) groups is 1. The summed E-state index contributed by atoms with van der Waals surface area (Å²) >= 11 is 0. The Morgan fingerprint density at radius 1 is 1.50 bits per heavy atom. The van der Waals surface area contributed by atoms with Crippen LogP contribution in [-0.4, -0.2) is 11.1 Å². The summed E-state index contributed by atoms with van der Waals surface area (Å²) in [4.78, 5) is 10.2. The number of aliphatic carboxylic acids is 1. The molecule has 74 valence electrons. The zero-order valence-electron chi connectivity index (χ0n) is 7.42. The number of aryl methyl sites for hydroxylation is 1. The van der Waals surface area contributed by atoms with Crippen LogP contribution in [0.4, 0.5) is 8.78 Å². The van der Waals surface area contributed by atoms with E-state index in [1.54, 1.807) is 6.92 Å². The highest BCUT2D eigenvalue weighted by Gasteiger charge is 2.06. The lowest BCUT2D eigenvalue weighted by Crippen LogP contribution is -1.95. The van der Waals surface area contributed by atoms with Gasteiger partial charge in [-0.2, -0.15) is 4.39 Å². The summed E-state index contributed by atoms with van der Waals surface area (Å²) < 4.78 is 25.4. The SMILES string of the molecule is Cc1ccc(F)cc1C=C(F)C(=O)O. The van der Waals surface area contributed by atoms with Gasteiger partial charge in [0, 0.05) is 0 Å². The summed E-state index contributed by atoms with van der Waals surface area (Å²) in [5.74, 6) is -3.49. The first kappa shape index (κ1) is 10.4. The first-order chi connectivity index (χ1) is 6.50. The van der Waals surface area contributed by atoms with Crippen LogP contribution in [0.25, 0.3) is 6.08 Å². The van der Waals surface area contributed by atoms with Gasteiger partial charge in [-0.05, 0) is 36.3 Å². The molecule has 0 aliphatic heterocycles. The fourth-order valence-electron chi connectivity index (χ4n) is 0.965. The molecule has 1 N–H and O–H groups in total. The van der Waals surface area contributed by atoms with Gasteiger partial charge in [-0.25, -0.2) is 9.18 Å². The summed E-state index contributed by atoms with van der Waals surface area (Å²) in [7, 11) is 0. The predicted molar refractivity (Wildman–Crippen MR) is 47.9 cm³/mol. The molecule has 0 aliphatic rings. The Morgan fingerprint density at radius 3 is 2.71 bits per heavy atom. The third-order valence-corrected chi connectivity index (χ3v) is 1.73. The minimum Gasteiger partial charge on any atom is -0.476 e. The maximum absolute atomic E-state index is 12.7. The van der Waals surface area contributed by atoms with E-state index in [0.717, 1.165) is 12.1 Å². The van der Waals surface area contributed by atoms with E-state index in [4.69, 9.17) is 5.11 Å². The number of benzene rings is 1. The molecule has 14 heavy (non-hydrogen) atoms. The van der Waals surface area contributed by atoms with E-state index in [1.807, 2.05) is 0 Å². The van der Waals surface area contributed by atoms with E-state index in [1.165, 1.54) is 12.1 Å². The molecule has 0 aliphatic carbocycles. The Hall–Kier alpha value is -1.71. The molecular formula is C10H8F2O2. The lowest BCUT2D eigenvalue weighted by molar-refractivity contribution is -0.134. The fourth-order valence-corrected chi connectivity index (χ4v) is 0.965. The molecule has 1 rings (SSSR count). The van der Waals surface area contributed by atoms with E-state index in [2.05, 4.69) is 0 Å². The van der Waals surface area contributed by atoms with Crippen molar-refractivity contribution in [3.8, 4) is 0 Å². The minimum absolute atomic E-state index is 0.227. The Balaban J connectivity index is 3.13. The normalized spacial score (nSPS) is 11.5. The van der Waals surface area contributed by atoms with Crippen molar-refractivity contribution in [1.82, 2.24) is 0 Å². The molecule has 0 bridgehead atoms. The van der Waals surface area contributed by atoms with Crippen LogP contribution in [0.3, 0.4) is 0 Å². The number of hydrogen-bond acceptors (Lipinski definition) is 1. The third-order valence-electron chi connectivity index (χ3n) is 1.73. The highest BCUT2D eigenvalue weighted by atomic mass is 19.1. The van der Waals surface area contributed by atoms with Gasteiger partial charge in [0.25, 0.3) is 0 Å². The first-order valence-corrected chi connectivity index (χ1v) is 3.87. The molecule has 0 atom stereocenters. The average molecular weight is 198 g/mol. The third kappa shape index (κ3) is 2.39. The molecule has 0 saturated carbocycles. The van der Waals surface area contributed by atoms with E-state index in [9.17, 15) is 13.6 Å². The van der Waals surface area contributed by atoms with Crippen LogP contribution < -0.4 is 0 Å². The van der Waals surface area contributed by atoms with Gasteiger partial charge in [0.1, 0.15) is 5.82 Å². The molecule has 0 heterocycles. The lowest BCUT2D eigenvalue weighted by atomic mass is 10.1. The minimum atomic E-state index is -1.66. The van der Waals surface area contributed by atoms with E-state index >= 15 is 0 Å². The Morgan fingerprint density at radius 2 is 2.14 bits per heavy atom. The van der Waals surface area contributed by atoms with Crippen LogP contribution in [0.15, 0.2) is 24.0 Å². The summed E-state index contributed by atoms with van der Waals surface area (Å²) in [5, 5.41) is 8.27.